The zero-order valence-electron chi connectivity index (χ0n) is 13.6. The Labute approximate surface area is 149 Å². The Morgan fingerprint density at radius 2 is 1.72 bits per heavy atom. The van der Waals surface area contributed by atoms with Gasteiger partial charge < -0.3 is 15.2 Å². The Balaban J connectivity index is 1.45. The van der Waals surface area contributed by atoms with Crippen LogP contribution in [0, 0.1) is 6.92 Å². The van der Waals surface area contributed by atoms with E-state index in [-0.39, 0.29) is 23.3 Å². The summed E-state index contributed by atoms with van der Waals surface area (Å²) in [6.45, 7) is 1.74. The van der Waals surface area contributed by atoms with Gasteiger partial charge in [-0.2, -0.15) is 0 Å². The second kappa shape index (κ2) is 7.85. The fourth-order valence-electron chi connectivity index (χ4n) is 2.30. The lowest BCUT2D eigenvalue weighted by molar-refractivity contribution is -0.114. The zero-order valence-corrected chi connectivity index (χ0v) is 14.4. The average molecular weight is 355 g/mol. The molecule has 0 atom stereocenters. The maximum atomic E-state index is 12.0. The zero-order chi connectivity index (χ0) is 17.6. The van der Waals surface area contributed by atoms with Crippen LogP contribution in [0.2, 0.25) is 0 Å². The summed E-state index contributed by atoms with van der Waals surface area (Å²) in [5.41, 5.74) is 0.742. The standard InChI is InChI=1S/C18H17N3O3S/c1-12-8-16(21-24-12)20-18(23)11-25-10-17(22)19-15-7-6-13-4-2-3-5-14(13)9-15/h2-9H,10-11H2,1H3,(H,19,22)(H,20,21,23). The topological polar surface area (TPSA) is 84.2 Å². The molecule has 2 aromatic carbocycles. The molecule has 1 heterocycles. The number of benzene rings is 2. The largest absolute Gasteiger partial charge is 0.360 e. The van der Waals surface area contributed by atoms with Crippen LogP contribution in [-0.2, 0) is 9.59 Å². The van der Waals surface area contributed by atoms with Crippen molar-refractivity contribution in [2.45, 2.75) is 6.92 Å². The van der Waals surface area contributed by atoms with E-state index in [1.54, 1.807) is 13.0 Å². The molecule has 2 N–H and O–H groups in total. The van der Waals surface area contributed by atoms with E-state index in [0.29, 0.717) is 11.6 Å². The number of aromatic nitrogens is 1. The van der Waals surface area contributed by atoms with Crippen LogP contribution in [-0.4, -0.2) is 28.5 Å². The van der Waals surface area contributed by atoms with Crippen molar-refractivity contribution in [1.82, 2.24) is 5.16 Å². The highest BCUT2D eigenvalue weighted by Crippen LogP contribution is 2.19. The van der Waals surface area contributed by atoms with Crippen molar-refractivity contribution in [1.29, 1.82) is 0 Å². The summed E-state index contributed by atoms with van der Waals surface area (Å²) in [6.07, 6.45) is 0. The molecule has 0 saturated carbocycles. The van der Waals surface area contributed by atoms with Gasteiger partial charge in [0.15, 0.2) is 5.82 Å². The van der Waals surface area contributed by atoms with Gasteiger partial charge >= 0.3 is 0 Å². The lowest BCUT2D eigenvalue weighted by Crippen LogP contribution is -2.18. The molecule has 0 aliphatic heterocycles. The van der Waals surface area contributed by atoms with Gasteiger partial charge in [0, 0.05) is 11.8 Å². The van der Waals surface area contributed by atoms with Crippen LogP contribution in [0.3, 0.4) is 0 Å². The molecule has 0 unspecified atom stereocenters. The second-order valence-electron chi connectivity index (χ2n) is 5.47. The van der Waals surface area contributed by atoms with Crippen LogP contribution in [0.5, 0.6) is 0 Å². The van der Waals surface area contributed by atoms with E-state index in [1.807, 2.05) is 42.5 Å². The molecule has 0 aliphatic rings. The van der Waals surface area contributed by atoms with Crippen molar-refractivity contribution in [2.24, 2.45) is 0 Å². The average Bonchev–Trinajstić information content (AvgIpc) is 2.99. The summed E-state index contributed by atoms with van der Waals surface area (Å²) < 4.78 is 4.87. The van der Waals surface area contributed by atoms with Gasteiger partial charge in [0.1, 0.15) is 5.76 Å². The highest BCUT2D eigenvalue weighted by molar-refractivity contribution is 8.00. The number of nitrogens with zero attached hydrogens (tertiary/aromatic N) is 1. The van der Waals surface area contributed by atoms with Crippen molar-refractivity contribution >= 4 is 45.9 Å². The summed E-state index contributed by atoms with van der Waals surface area (Å²) in [5.74, 6) is 0.985. The number of rotatable bonds is 6. The Morgan fingerprint density at radius 3 is 2.44 bits per heavy atom. The summed E-state index contributed by atoms with van der Waals surface area (Å²) in [5, 5.41) is 11.3. The van der Waals surface area contributed by atoms with Crippen molar-refractivity contribution in [3.05, 3.63) is 54.3 Å². The third-order valence-corrected chi connectivity index (χ3v) is 4.33. The summed E-state index contributed by atoms with van der Waals surface area (Å²) in [4.78, 5) is 23.8. The van der Waals surface area contributed by atoms with Crippen molar-refractivity contribution in [3.8, 4) is 0 Å². The first-order valence-corrected chi connectivity index (χ1v) is 8.85. The maximum absolute atomic E-state index is 12.0. The van der Waals surface area contributed by atoms with Gasteiger partial charge in [-0.15, -0.1) is 11.8 Å². The SMILES string of the molecule is Cc1cc(NC(=O)CSCC(=O)Nc2ccc3ccccc3c2)no1. The molecule has 0 fully saturated rings. The number of carbonyl (C=O) groups excluding carboxylic acids is 2. The molecule has 3 rings (SSSR count). The Kier molecular flexibility index (Phi) is 5.35. The quantitative estimate of drug-likeness (QED) is 0.707. The first-order chi connectivity index (χ1) is 12.1. The fraction of sp³-hybridized carbons (Fsp3) is 0.167. The molecule has 3 aromatic rings. The van der Waals surface area contributed by atoms with Crippen molar-refractivity contribution in [3.63, 3.8) is 0 Å². The number of carbonyl (C=O) groups is 2. The van der Waals surface area contributed by atoms with Crippen LogP contribution in [0.4, 0.5) is 11.5 Å². The third-order valence-electron chi connectivity index (χ3n) is 3.39. The van der Waals surface area contributed by atoms with E-state index in [1.165, 1.54) is 11.8 Å². The van der Waals surface area contributed by atoms with E-state index in [2.05, 4.69) is 15.8 Å². The summed E-state index contributed by atoms with van der Waals surface area (Å²) in [6, 6.07) is 15.3. The van der Waals surface area contributed by atoms with Gasteiger partial charge in [-0.25, -0.2) is 0 Å². The number of nitrogens with one attached hydrogen (secondary N) is 2. The van der Waals surface area contributed by atoms with Crippen LogP contribution in [0.1, 0.15) is 5.76 Å². The van der Waals surface area contributed by atoms with E-state index < -0.39 is 0 Å². The highest BCUT2D eigenvalue weighted by atomic mass is 32.2. The smallest absolute Gasteiger partial charge is 0.235 e. The van der Waals surface area contributed by atoms with E-state index in [4.69, 9.17) is 4.52 Å². The minimum atomic E-state index is -0.225. The Hall–Kier alpha value is -2.80. The molecular weight excluding hydrogens is 338 g/mol. The predicted octanol–water partition coefficient (Wildman–Crippen LogP) is 3.45. The van der Waals surface area contributed by atoms with Crippen molar-refractivity contribution < 1.29 is 14.1 Å². The highest BCUT2D eigenvalue weighted by Gasteiger charge is 2.09. The van der Waals surface area contributed by atoms with E-state index in [9.17, 15) is 9.59 Å². The van der Waals surface area contributed by atoms with Crippen LogP contribution in [0.25, 0.3) is 10.8 Å². The molecular formula is C18H17N3O3S. The Morgan fingerprint density at radius 1 is 1.00 bits per heavy atom. The number of fused-ring (bicyclic) bond motifs is 1. The van der Waals surface area contributed by atoms with Crippen LogP contribution >= 0.6 is 11.8 Å². The number of amides is 2. The predicted molar refractivity (Wildman–Crippen MR) is 99.8 cm³/mol. The molecule has 0 saturated heterocycles. The number of aryl methyl sites for hydroxylation is 1. The fourth-order valence-corrected chi connectivity index (χ4v) is 2.92. The first-order valence-electron chi connectivity index (χ1n) is 7.70. The minimum absolute atomic E-state index is 0.148. The number of hydrogen-bond donors (Lipinski definition) is 2. The van der Waals surface area contributed by atoms with Gasteiger partial charge in [0.2, 0.25) is 11.8 Å². The molecule has 25 heavy (non-hydrogen) atoms. The lowest BCUT2D eigenvalue weighted by atomic mass is 10.1. The normalized spacial score (nSPS) is 10.6. The van der Waals surface area contributed by atoms with Gasteiger partial charge in [0.25, 0.3) is 0 Å². The van der Waals surface area contributed by atoms with Crippen molar-refractivity contribution in [2.75, 3.05) is 22.1 Å². The maximum Gasteiger partial charge on any atom is 0.235 e. The molecule has 1 aromatic heterocycles. The second-order valence-corrected chi connectivity index (χ2v) is 6.46. The first kappa shape index (κ1) is 17.0. The van der Waals surface area contributed by atoms with Gasteiger partial charge in [0.05, 0.1) is 11.5 Å². The minimum Gasteiger partial charge on any atom is -0.360 e. The van der Waals surface area contributed by atoms with Crippen LogP contribution in [0.15, 0.2) is 53.1 Å². The monoisotopic (exact) mass is 355 g/mol. The molecule has 7 heteroatoms. The van der Waals surface area contributed by atoms with Gasteiger partial charge in [-0.3, -0.25) is 9.59 Å². The van der Waals surface area contributed by atoms with E-state index in [0.717, 1.165) is 16.5 Å². The molecule has 0 radical (unpaired) electrons. The molecule has 0 bridgehead atoms. The Bertz CT molecular complexity index is 907. The summed E-state index contributed by atoms with van der Waals surface area (Å²) in [7, 11) is 0. The van der Waals surface area contributed by atoms with E-state index >= 15 is 0 Å². The van der Waals surface area contributed by atoms with Gasteiger partial charge in [-0.1, -0.05) is 35.5 Å². The van der Waals surface area contributed by atoms with Gasteiger partial charge in [-0.05, 0) is 29.8 Å². The number of thioether (sulfide) groups is 1. The number of anilines is 2. The number of hydrogen-bond acceptors (Lipinski definition) is 5. The third kappa shape index (κ3) is 4.84. The molecule has 0 aliphatic carbocycles. The lowest BCUT2D eigenvalue weighted by Gasteiger charge is -2.06. The van der Waals surface area contributed by atoms with Crippen LogP contribution < -0.4 is 10.6 Å². The molecule has 0 spiro atoms. The molecule has 128 valence electrons. The molecule has 6 nitrogen and oxygen atoms in total. The molecule has 2 amide bonds. The summed E-state index contributed by atoms with van der Waals surface area (Å²) >= 11 is 1.24.